The van der Waals surface area contributed by atoms with Crippen LogP contribution in [0.15, 0.2) is 53.3 Å². The molecule has 1 aromatic heterocycles. The number of H-pyrrole nitrogens is 1. The molecule has 156 valence electrons. The Balaban J connectivity index is 1.44. The standard InChI is InChI=1S/C22H22FN3O4/c1-14(21(28)24-13-12-15-6-8-16(23)9-7-15)30-20(27)11-10-19-25-18-5-3-2-4-17(18)22(29)26-19/h2-9,14H,10-13H2,1H3,(H,24,28)(H,25,26,29)/t14-/m1/s1. The number of para-hydroxylation sites is 1. The Kier molecular flexibility index (Phi) is 6.90. The lowest BCUT2D eigenvalue weighted by atomic mass is 10.1. The van der Waals surface area contributed by atoms with Crippen LogP contribution in [0.25, 0.3) is 10.9 Å². The monoisotopic (exact) mass is 411 g/mol. The largest absolute Gasteiger partial charge is 0.453 e. The predicted octanol–water partition coefficient (Wildman–Crippen LogP) is 2.29. The van der Waals surface area contributed by atoms with E-state index in [1.165, 1.54) is 19.1 Å². The fourth-order valence-electron chi connectivity index (χ4n) is 2.91. The average molecular weight is 411 g/mol. The van der Waals surface area contributed by atoms with Gasteiger partial charge in [-0.1, -0.05) is 24.3 Å². The minimum absolute atomic E-state index is 0.0194. The minimum Gasteiger partial charge on any atom is -0.453 e. The van der Waals surface area contributed by atoms with Gasteiger partial charge >= 0.3 is 5.97 Å². The number of hydrogen-bond acceptors (Lipinski definition) is 5. The van der Waals surface area contributed by atoms with Gasteiger partial charge in [-0.15, -0.1) is 0 Å². The first-order chi connectivity index (χ1) is 14.4. The number of carbonyl (C=O) groups excluding carboxylic acids is 2. The van der Waals surface area contributed by atoms with Crippen molar-refractivity contribution >= 4 is 22.8 Å². The van der Waals surface area contributed by atoms with Crippen LogP contribution in [-0.4, -0.2) is 34.5 Å². The van der Waals surface area contributed by atoms with Crippen LogP contribution in [0.2, 0.25) is 0 Å². The van der Waals surface area contributed by atoms with E-state index >= 15 is 0 Å². The third kappa shape index (κ3) is 5.73. The van der Waals surface area contributed by atoms with Crippen LogP contribution >= 0.6 is 0 Å². The third-order valence-corrected chi connectivity index (χ3v) is 4.53. The first kappa shape index (κ1) is 21.2. The molecule has 0 radical (unpaired) electrons. The molecule has 0 unspecified atom stereocenters. The van der Waals surface area contributed by atoms with Crippen LogP contribution in [0.1, 0.15) is 24.7 Å². The van der Waals surface area contributed by atoms with Crippen molar-refractivity contribution in [3.63, 3.8) is 0 Å². The van der Waals surface area contributed by atoms with Crippen molar-refractivity contribution in [1.82, 2.24) is 15.3 Å². The molecule has 0 aliphatic rings. The number of halogens is 1. The van der Waals surface area contributed by atoms with E-state index in [0.29, 0.717) is 29.7 Å². The lowest BCUT2D eigenvalue weighted by molar-refractivity contribution is -0.154. The van der Waals surface area contributed by atoms with E-state index in [1.807, 2.05) is 0 Å². The number of aromatic nitrogens is 2. The van der Waals surface area contributed by atoms with Crippen molar-refractivity contribution in [2.45, 2.75) is 32.3 Å². The number of nitrogens with zero attached hydrogens (tertiary/aromatic N) is 1. The molecule has 1 atom stereocenters. The smallest absolute Gasteiger partial charge is 0.307 e. The summed E-state index contributed by atoms with van der Waals surface area (Å²) in [5.41, 5.74) is 1.18. The van der Waals surface area contributed by atoms with Gasteiger partial charge in [0.25, 0.3) is 11.5 Å². The Labute approximate surface area is 172 Å². The maximum Gasteiger partial charge on any atom is 0.307 e. The molecule has 0 aliphatic heterocycles. The van der Waals surface area contributed by atoms with Crippen LogP contribution in [-0.2, 0) is 27.2 Å². The van der Waals surface area contributed by atoms with E-state index < -0.39 is 18.0 Å². The van der Waals surface area contributed by atoms with E-state index in [2.05, 4.69) is 15.3 Å². The summed E-state index contributed by atoms with van der Waals surface area (Å²) in [4.78, 5) is 43.2. The van der Waals surface area contributed by atoms with Gasteiger partial charge in [-0.2, -0.15) is 0 Å². The summed E-state index contributed by atoms with van der Waals surface area (Å²) >= 11 is 0. The lowest BCUT2D eigenvalue weighted by Gasteiger charge is -2.13. The van der Waals surface area contributed by atoms with Crippen LogP contribution in [0.4, 0.5) is 4.39 Å². The molecule has 0 saturated carbocycles. The molecule has 0 spiro atoms. The maximum absolute atomic E-state index is 12.9. The number of hydrogen-bond donors (Lipinski definition) is 2. The molecule has 1 heterocycles. The number of rotatable bonds is 8. The van der Waals surface area contributed by atoms with E-state index in [0.717, 1.165) is 5.56 Å². The summed E-state index contributed by atoms with van der Waals surface area (Å²) in [6.45, 7) is 1.83. The molecule has 8 heteroatoms. The number of ether oxygens (including phenoxy) is 1. The molecule has 0 fully saturated rings. The molecule has 30 heavy (non-hydrogen) atoms. The molecular weight excluding hydrogens is 389 g/mol. The van der Waals surface area contributed by atoms with Crippen LogP contribution in [0.3, 0.4) is 0 Å². The molecule has 7 nitrogen and oxygen atoms in total. The summed E-state index contributed by atoms with van der Waals surface area (Å²) in [5, 5.41) is 3.16. The highest BCUT2D eigenvalue weighted by Gasteiger charge is 2.17. The van der Waals surface area contributed by atoms with Crippen molar-refractivity contribution in [2.24, 2.45) is 0 Å². The van der Waals surface area contributed by atoms with Crippen molar-refractivity contribution in [1.29, 1.82) is 0 Å². The number of fused-ring (bicyclic) bond motifs is 1. The molecule has 3 aromatic rings. The molecule has 0 aliphatic carbocycles. The number of aromatic amines is 1. The van der Waals surface area contributed by atoms with E-state index in [-0.39, 0.29) is 24.2 Å². The van der Waals surface area contributed by atoms with Crippen LogP contribution < -0.4 is 10.9 Å². The van der Waals surface area contributed by atoms with Gasteiger partial charge in [-0.3, -0.25) is 14.4 Å². The normalized spacial score (nSPS) is 11.8. The molecule has 3 rings (SSSR count). The second-order valence-electron chi connectivity index (χ2n) is 6.83. The van der Waals surface area contributed by atoms with Crippen molar-refractivity contribution in [2.75, 3.05) is 6.54 Å². The van der Waals surface area contributed by atoms with Gasteiger partial charge in [0.2, 0.25) is 0 Å². The summed E-state index contributed by atoms with van der Waals surface area (Å²) in [6, 6.07) is 13.0. The fourth-order valence-corrected chi connectivity index (χ4v) is 2.91. The second kappa shape index (κ2) is 9.78. The highest BCUT2D eigenvalue weighted by atomic mass is 19.1. The summed E-state index contributed by atoms with van der Waals surface area (Å²) in [5.74, 6) is -0.909. The van der Waals surface area contributed by atoms with E-state index in [9.17, 15) is 18.8 Å². The van der Waals surface area contributed by atoms with Gasteiger partial charge in [0, 0.05) is 13.0 Å². The van der Waals surface area contributed by atoms with Crippen LogP contribution in [0, 0.1) is 5.82 Å². The topological polar surface area (TPSA) is 101 Å². The quantitative estimate of drug-likeness (QED) is 0.554. The Morgan fingerprint density at radius 1 is 1.13 bits per heavy atom. The Morgan fingerprint density at radius 3 is 2.63 bits per heavy atom. The molecule has 0 saturated heterocycles. The van der Waals surface area contributed by atoms with Gasteiger partial charge in [0.15, 0.2) is 6.10 Å². The average Bonchev–Trinajstić information content (AvgIpc) is 2.73. The Morgan fingerprint density at radius 2 is 1.87 bits per heavy atom. The van der Waals surface area contributed by atoms with Gasteiger partial charge in [-0.05, 0) is 43.2 Å². The van der Waals surface area contributed by atoms with Crippen LogP contribution in [0.5, 0.6) is 0 Å². The highest BCUT2D eigenvalue weighted by molar-refractivity contribution is 5.83. The SMILES string of the molecule is C[C@@H](OC(=O)CCc1nc2ccccc2c(=O)[nH]1)C(=O)NCCc1ccc(F)cc1. The zero-order valence-corrected chi connectivity index (χ0v) is 16.5. The Hall–Kier alpha value is -3.55. The lowest BCUT2D eigenvalue weighted by Crippen LogP contribution is -2.37. The Bertz CT molecular complexity index is 1100. The first-order valence-electron chi connectivity index (χ1n) is 9.62. The number of nitrogens with one attached hydrogen (secondary N) is 2. The highest BCUT2D eigenvalue weighted by Crippen LogP contribution is 2.07. The summed E-state index contributed by atoms with van der Waals surface area (Å²) < 4.78 is 18.0. The predicted molar refractivity (Wildman–Crippen MR) is 109 cm³/mol. The summed E-state index contributed by atoms with van der Waals surface area (Å²) in [7, 11) is 0. The number of aryl methyl sites for hydroxylation is 1. The van der Waals surface area contributed by atoms with Crippen molar-refractivity contribution in [3.8, 4) is 0 Å². The first-order valence-corrected chi connectivity index (χ1v) is 9.62. The number of esters is 1. The van der Waals surface area contributed by atoms with E-state index in [1.54, 1.807) is 36.4 Å². The molecule has 0 bridgehead atoms. The molecule has 2 aromatic carbocycles. The maximum atomic E-state index is 12.9. The van der Waals surface area contributed by atoms with Crippen molar-refractivity contribution in [3.05, 3.63) is 76.1 Å². The fraction of sp³-hybridized carbons (Fsp3) is 0.273. The second-order valence-corrected chi connectivity index (χ2v) is 6.83. The third-order valence-electron chi connectivity index (χ3n) is 4.53. The van der Waals surface area contributed by atoms with E-state index in [4.69, 9.17) is 4.74 Å². The number of carbonyl (C=O) groups is 2. The number of amides is 1. The van der Waals surface area contributed by atoms with Crippen molar-refractivity contribution < 1.29 is 18.7 Å². The van der Waals surface area contributed by atoms with Gasteiger partial charge in [-0.25, -0.2) is 9.37 Å². The number of benzene rings is 2. The molecule has 1 amide bonds. The molecule has 2 N–H and O–H groups in total. The minimum atomic E-state index is -0.950. The zero-order chi connectivity index (χ0) is 21.5. The van der Waals surface area contributed by atoms with Gasteiger partial charge < -0.3 is 15.0 Å². The van der Waals surface area contributed by atoms with Gasteiger partial charge in [0.1, 0.15) is 11.6 Å². The van der Waals surface area contributed by atoms with Gasteiger partial charge in [0.05, 0.1) is 17.3 Å². The molecular formula is C22H22FN3O4. The zero-order valence-electron chi connectivity index (χ0n) is 16.5. The summed E-state index contributed by atoms with van der Waals surface area (Å²) in [6.07, 6.45) is -0.241.